The van der Waals surface area contributed by atoms with Crippen LogP contribution < -0.4 is 4.90 Å². The molecule has 1 saturated heterocycles. The highest BCUT2D eigenvalue weighted by molar-refractivity contribution is 5.39. The minimum absolute atomic E-state index is 0.377. The fourth-order valence-corrected chi connectivity index (χ4v) is 1.67. The molecule has 0 aromatic carbocycles. The Bertz CT molecular complexity index is 263. The summed E-state index contributed by atoms with van der Waals surface area (Å²) in [5.74, 6) is 1.06. The maximum atomic E-state index is 5.29. The van der Waals surface area contributed by atoms with Gasteiger partial charge in [-0.1, -0.05) is 6.07 Å². The molecule has 70 valence electrons. The summed E-state index contributed by atoms with van der Waals surface area (Å²) in [5, 5.41) is 0. The van der Waals surface area contributed by atoms with Crippen LogP contribution in [0.5, 0.6) is 0 Å². The fourth-order valence-electron chi connectivity index (χ4n) is 1.67. The number of hydrogen-bond acceptors (Lipinski definition) is 3. The van der Waals surface area contributed by atoms with Crippen LogP contribution in [0.1, 0.15) is 6.42 Å². The van der Waals surface area contributed by atoms with Crippen LogP contribution in [0.3, 0.4) is 0 Å². The fraction of sp³-hybridized carbons (Fsp3) is 0.500. The van der Waals surface area contributed by atoms with Gasteiger partial charge in [0.15, 0.2) is 0 Å². The molecule has 0 amide bonds. The van der Waals surface area contributed by atoms with Crippen LogP contribution >= 0.6 is 0 Å². The summed E-state index contributed by atoms with van der Waals surface area (Å²) in [7, 11) is 1.77. The molecule has 1 atom stereocenters. The molecule has 1 aromatic heterocycles. The molecule has 0 aliphatic carbocycles. The predicted octanol–water partition coefficient (Wildman–Crippen LogP) is 1.31. The standard InChI is InChI=1S/C10H14N2O/c1-13-9-5-7-12(8-9)10-4-2-3-6-11-10/h2-4,6,9H,5,7-8H2,1H3/t9-/m1/s1. The van der Waals surface area contributed by atoms with E-state index in [0.29, 0.717) is 6.10 Å². The largest absolute Gasteiger partial charge is 0.380 e. The molecule has 0 saturated carbocycles. The van der Waals surface area contributed by atoms with Crippen LogP contribution in [-0.2, 0) is 4.74 Å². The molecule has 0 spiro atoms. The van der Waals surface area contributed by atoms with E-state index in [0.717, 1.165) is 25.3 Å². The summed E-state index contributed by atoms with van der Waals surface area (Å²) < 4.78 is 5.29. The van der Waals surface area contributed by atoms with Crippen molar-refractivity contribution in [2.24, 2.45) is 0 Å². The Labute approximate surface area is 78.3 Å². The highest BCUT2D eigenvalue weighted by Crippen LogP contribution is 2.18. The molecule has 1 aromatic rings. The smallest absolute Gasteiger partial charge is 0.128 e. The van der Waals surface area contributed by atoms with Gasteiger partial charge in [-0.2, -0.15) is 0 Å². The first-order valence-corrected chi connectivity index (χ1v) is 4.59. The van der Waals surface area contributed by atoms with E-state index < -0.39 is 0 Å². The normalized spacial score (nSPS) is 22.2. The van der Waals surface area contributed by atoms with Gasteiger partial charge in [0, 0.05) is 26.4 Å². The van der Waals surface area contributed by atoms with Crippen molar-refractivity contribution in [1.82, 2.24) is 4.98 Å². The Balaban J connectivity index is 2.04. The van der Waals surface area contributed by atoms with Gasteiger partial charge in [0.05, 0.1) is 6.10 Å². The molecule has 0 N–H and O–H groups in total. The summed E-state index contributed by atoms with van der Waals surface area (Å²) in [6.07, 6.45) is 3.31. The van der Waals surface area contributed by atoms with Crippen LogP contribution in [0.4, 0.5) is 5.82 Å². The first-order valence-electron chi connectivity index (χ1n) is 4.59. The quantitative estimate of drug-likeness (QED) is 0.682. The van der Waals surface area contributed by atoms with E-state index in [-0.39, 0.29) is 0 Å². The second-order valence-corrected chi connectivity index (χ2v) is 3.28. The third-order valence-electron chi connectivity index (χ3n) is 2.45. The van der Waals surface area contributed by atoms with Crippen molar-refractivity contribution in [3.8, 4) is 0 Å². The Hall–Kier alpha value is -1.09. The van der Waals surface area contributed by atoms with Crippen LogP contribution in [0.15, 0.2) is 24.4 Å². The van der Waals surface area contributed by atoms with E-state index in [1.807, 2.05) is 24.4 Å². The maximum absolute atomic E-state index is 5.29. The van der Waals surface area contributed by atoms with Crippen LogP contribution in [0.2, 0.25) is 0 Å². The zero-order valence-corrected chi connectivity index (χ0v) is 7.81. The Morgan fingerprint density at radius 3 is 3.08 bits per heavy atom. The second kappa shape index (κ2) is 3.75. The van der Waals surface area contributed by atoms with Crippen molar-refractivity contribution in [2.45, 2.75) is 12.5 Å². The molecule has 1 aliphatic heterocycles. The van der Waals surface area contributed by atoms with E-state index >= 15 is 0 Å². The molecule has 1 aliphatic rings. The molecule has 0 unspecified atom stereocenters. The van der Waals surface area contributed by atoms with Gasteiger partial charge in [0.1, 0.15) is 5.82 Å². The van der Waals surface area contributed by atoms with Crippen molar-refractivity contribution in [2.75, 3.05) is 25.1 Å². The van der Waals surface area contributed by atoms with E-state index in [1.165, 1.54) is 0 Å². The van der Waals surface area contributed by atoms with Crippen LogP contribution in [0, 0.1) is 0 Å². The third-order valence-corrected chi connectivity index (χ3v) is 2.45. The molecular formula is C10H14N2O. The Morgan fingerprint density at radius 2 is 2.46 bits per heavy atom. The van der Waals surface area contributed by atoms with Crippen molar-refractivity contribution < 1.29 is 4.74 Å². The van der Waals surface area contributed by atoms with E-state index in [2.05, 4.69) is 9.88 Å². The molecular weight excluding hydrogens is 164 g/mol. The summed E-state index contributed by atoms with van der Waals surface area (Å²) in [6.45, 7) is 2.02. The zero-order valence-electron chi connectivity index (χ0n) is 7.81. The molecule has 1 fully saturated rings. The topological polar surface area (TPSA) is 25.4 Å². The van der Waals surface area contributed by atoms with Gasteiger partial charge in [0.2, 0.25) is 0 Å². The number of ether oxygens (including phenoxy) is 1. The molecule has 0 radical (unpaired) electrons. The maximum Gasteiger partial charge on any atom is 0.128 e. The number of hydrogen-bond donors (Lipinski definition) is 0. The highest BCUT2D eigenvalue weighted by Gasteiger charge is 2.22. The molecule has 2 heterocycles. The van der Waals surface area contributed by atoms with Gasteiger partial charge in [-0.3, -0.25) is 0 Å². The van der Waals surface area contributed by atoms with Crippen molar-refractivity contribution >= 4 is 5.82 Å². The lowest BCUT2D eigenvalue weighted by Crippen LogP contribution is -2.22. The third kappa shape index (κ3) is 1.80. The van der Waals surface area contributed by atoms with Crippen molar-refractivity contribution in [3.63, 3.8) is 0 Å². The van der Waals surface area contributed by atoms with E-state index in [4.69, 9.17) is 4.74 Å². The number of rotatable bonds is 2. The lowest BCUT2D eigenvalue weighted by Gasteiger charge is -2.16. The number of aromatic nitrogens is 1. The minimum Gasteiger partial charge on any atom is -0.380 e. The Morgan fingerprint density at radius 1 is 1.54 bits per heavy atom. The monoisotopic (exact) mass is 178 g/mol. The summed E-state index contributed by atoms with van der Waals surface area (Å²) in [6, 6.07) is 5.99. The number of pyridine rings is 1. The van der Waals surface area contributed by atoms with Gasteiger partial charge in [-0.25, -0.2) is 4.98 Å². The molecule has 2 rings (SSSR count). The number of anilines is 1. The zero-order chi connectivity index (χ0) is 9.10. The molecule has 3 heteroatoms. The average Bonchev–Trinajstić information content (AvgIpc) is 2.67. The first kappa shape index (κ1) is 8.51. The highest BCUT2D eigenvalue weighted by atomic mass is 16.5. The average molecular weight is 178 g/mol. The molecule has 3 nitrogen and oxygen atoms in total. The Kier molecular flexibility index (Phi) is 2.45. The van der Waals surface area contributed by atoms with Gasteiger partial charge in [-0.05, 0) is 18.6 Å². The SMILES string of the molecule is CO[C@@H]1CCN(c2ccccn2)C1. The predicted molar refractivity (Wildman–Crippen MR) is 51.9 cm³/mol. The lowest BCUT2D eigenvalue weighted by atomic mass is 10.3. The van der Waals surface area contributed by atoms with Gasteiger partial charge in [0.25, 0.3) is 0 Å². The van der Waals surface area contributed by atoms with E-state index in [1.54, 1.807) is 7.11 Å². The van der Waals surface area contributed by atoms with Gasteiger partial charge in [-0.15, -0.1) is 0 Å². The molecule has 0 bridgehead atoms. The summed E-state index contributed by atoms with van der Waals surface area (Å²) >= 11 is 0. The van der Waals surface area contributed by atoms with Crippen molar-refractivity contribution in [3.05, 3.63) is 24.4 Å². The van der Waals surface area contributed by atoms with Crippen molar-refractivity contribution in [1.29, 1.82) is 0 Å². The number of nitrogens with zero attached hydrogens (tertiary/aromatic N) is 2. The minimum atomic E-state index is 0.377. The summed E-state index contributed by atoms with van der Waals surface area (Å²) in [4.78, 5) is 6.56. The van der Waals surface area contributed by atoms with Crippen LogP contribution in [0.25, 0.3) is 0 Å². The van der Waals surface area contributed by atoms with Crippen LogP contribution in [-0.4, -0.2) is 31.3 Å². The second-order valence-electron chi connectivity index (χ2n) is 3.28. The lowest BCUT2D eigenvalue weighted by molar-refractivity contribution is 0.121. The summed E-state index contributed by atoms with van der Waals surface area (Å²) in [5.41, 5.74) is 0. The van der Waals surface area contributed by atoms with Gasteiger partial charge < -0.3 is 9.64 Å². The number of methoxy groups -OCH3 is 1. The molecule has 13 heavy (non-hydrogen) atoms. The van der Waals surface area contributed by atoms with E-state index in [9.17, 15) is 0 Å². The van der Waals surface area contributed by atoms with Gasteiger partial charge >= 0.3 is 0 Å². The first-order chi connectivity index (χ1) is 6.40.